The maximum Gasteiger partial charge on any atom is 0.339 e. The van der Waals surface area contributed by atoms with Crippen LogP contribution in [0.2, 0.25) is 0 Å². The monoisotopic (exact) mass is 378 g/mol. The number of aryl methyl sites for hydroxylation is 1. The van der Waals surface area contributed by atoms with Gasteiger partial charge in [0.1, 0.15) is 17.1 Å². The van der Waals surface area contributed by atoms with E-state index in [1.54, 1.807) is 33.0 Å². The fourth-order valence-corrected chi connectivity index (χ4v) is 3.34. The van der Waals surface area contributed by atoms with Gasteiger partial charge in [-0.1, -0.05) is 0 Å². The summed E-state index contributed by atoms with van der Waals surface area (Å²) in [5.41, 5.74) is 0.0713. The van der Waals surface area contributed by atoms with Crippen molar-refractivity contribution in [3.63, 3.8) is 0 Å². The van der Waals surface area contributed by atoms with Gasteiger partial charge in [-0.05, 0) is 32.0 Å². The second-order valence-electron chi connectivity index (χ2n) is 5.69. The van der Waals surface area contributed by atoms with Crippen molar-refractivity contribution < 1.29 is 24.0 Å². The molecule has 8 nitrogen and oxygen atoms in total. The fraction of sp³-hybridized carbons (Fsp3) is 0.294. The van der Waals surface area contributed by atoms with E-state index >= 15 is 0 Å². The number of nitrogens with zero attached hydrogens (tertiary/aromatic N) is 2. The molecule has 1 aromatic heterocycles. The van der Waals surface area contributed by atoms with Crippen molar-refractivity contribution in [3.8, 4) is 0 Å². The lowest BCUT2D eigenvalue weighted by atomic mass is 10.2. The third kappa shape index (κ3) is 4.63. The van der Waals surface area contributed by atoms with E-state index in [9.17, 15) is 19.7 Å². The van der Waals surface area contributed by atoms with Crippen LogP contribution < -0.4 is 0 Å². The number of aromatic carboxylic acids is 1. The Bertz CT molecular complexity index is 830. The van der Waals surface area contributed by atoms with Crippen LogP contribution in [-0.2, 0) is 11.3 Å². The summed E-state index contributed by atoms with van der Waals surface area (Å²) in [7, 11) is 1.60. The minimum Gasteiger partial charge on any atom is -0.478 e. The summed E-state index contributed by atoms with van der Waals surface area (Å²) in [6, 6.07) is 7.39. The molecule has 0 aliphatic heterocycles. The van der Waals surface area contributed by atoms with Gasteiger partial charge in [-0.25, -0.2) is 4.79 Å². The van der Waals surface area contributed by atoms with Gasteiger partial charge in [0.2, 0.25) is 5.91 Å². The van der Waals surface area contributed by atoms with Crippen LogP contribution in [0, 0.1) is 17.0 Å². The number of nitro groups is 1. The fourth-order valence-electron chi connectivity index (χ4n) is 2.36. The van der Waals surface area contributed by atoms with Crippen LogP contribution in [0.3, 0.4) is 0 Å². The molecule has 2 rings (SSSR count). The van der Waals surface area contributed by atoms with E-state index in [-0.39, 0.29) is 23.7 Å². The summed E-state index contributed by atoms with van der Waals surface area (Å²) < 4.78 is 5.39. The molecule has 2 aromatic rings. The molecule has 0 aliphatic carbocycles. The standard InChI is InChI=1S/C17H18N2O6S/c1-10-15(17(21)22)8-13(25-10)9-18(3)16(20)11(2)26-14-6-4-12(5-7-14)19(23)24/h4-8,11H,9H2,1-3H3,(H,21,22). The molecule has 1 heterocycles. The van der Waals surface area contributed by atoms with E-state index in [1.807, 2.05) is 0 Å². The Hall–Kier alpha value is -2.81. The third-order valence-corrected chi connectivity index (χ3v) is 4.78. The second-order valence-corrected chi connectivity index (χ2v) is 7.11. The molecule has 0 radical (unpaired) electrons. The predicted octanol–water partition coefficient (Wildman–Crippen LogP) is 3.33. The van der Waals surface area contributed by atoms with E-state index in [4.69, 9.17) is 9.52 Å². The summed E-state index contributed by atoms with van der Waals surface area (Å²) in [4.78, 5) is 35.9. The van der Waals surface area contributed by atoms with Gasteiger partial charge in [0.15, 0.2) is 0 Å². The lowest BCUT2D eigenvalue weighted by molar-refractivity contribution is -0.384. The van der Waals surface area contributed by atoms with Crippen molar-refractivity contribution in [2.24, 2.45) is 0 Å². The van der Waals surface area contributed by atoms with Gasteiger partial charge in [-0.2, -0.15) is 0 Å². The maximum absolute atomic E-state index is 12.5. The summed E-state index contributed by atoms with van der Waals surface area (Å²) in [6.45, 7) is 3.45. The smallest absolute Gasteiger partial charge is 0.339 e. The number of thioether (sulfide) groups is 1. The lowest BCUT2D eigenvalue weighted by Crippen LogP contribution is -2.32. The van der Waals surface area contributed by atoms with E-state index in [0.29, 0.717) is 11.5 Å². The number of non-ortho nitro benzene ring substituents is 1. The van der Waals surface area contributed by atoms with Gasteiger partial charge >= 0.3 is 5.97 Å². The number of rotatable bonds is 7. The Labute approximate surface area is 153 Å². The van der Waals surface area contributed by atoms with Crippen LogP contribution in [0.1, 0.15) is 28.8 Å². The molecular formula is C17H18N2O6S. The molecule has 1 amide bonds. The van der Waals surface area contributed by atoms with Gasteiger partial charge in [0.25, 0.3) is 5.69 Å². The van der Waals surface area contributed by atoms with Gasteiger partial charge in [0, 0.05) is 24.1 Å². The van der Waals surface area contributed by atoms with Crippen molar-refractivity contribution in [1.29, 1.82) is 0 Å². The molecule has 26 heavy (non-hydrogen) atoms. The highest BCUT2D eigenvalue weighted by Crippen LogP contribution is 2.26. The van der Waals surface area contributed by atoms with E-state index in [0.717, 1.165) is 4.90 Å². The quantitative estimate of drug-likeness (QED) is 0.446. The third-order valence-electron chi connectivity index (χ3n) is 3.68. The molecule has 1 N–H and O–H groups in total. The SMILES string of the molecule is Cc1oc(CN(C)C(=O)C(C)Sc2ccc([N+](=O)[O-])cc2)cc1C(=O)O. The summed E-state index contributed by atoms with van der Waals surface area (Å²) in [5, 5.41) is 19.3. The first-order valence-electron chi connectivity index (χ1n) is 7.67. The van der Waals surface area contributed by atoms with Crippen LogP contribution in [0.5, 0.6) is 0 Å². The van der Waals surface area contributed by atoms with Crippen molar-refractivity contribution in [3.05, 3.63) is 57.5 Å². The molecular weight excluding hydrogens is 360 g/mol. The van der Waals surface area contributed by atoms with Gasteiger partial charge in [0.05, 0.1) is 16.7 Å². The minimum atomic E-state index is -1.08. The molecule has 0 spiro atoms. The molecule has 0 aliphatic rings. The molecule has 9 heteroatoms. The first-order chi connectivity index (χ1) is 12.2. The molecule has 0 saturated carbocycles. The predicted molar refractivity (Wildman–Crippen MR) is 95.3 cm³/mol. The van der Waals surface area contributed by atoms with Crippen molar-refractivity contribution in [2.75, 3.05) is 7.05 Å². The summed E-state index contributed by atoms with van der Waals surface area (Å²) >= 11 is 1.29. The highest BCUT2D eigenvalue weighted by Gasteiger charge is 2.21. The number of furan rings is 1. The van der Waals surface area contributed by atoms with E-state index < -0.39 is 16.1 Å². The average molecular weight is 378 g/mol. The zero-order valence-corrected chi connectivity index (χ0v) is 15.3. The molecule has 1 aromatic carbocycles. The molecule has 1 unspecified atom stereocenters. The Kier molecular flexibility index (Phi) is 6.04. The second kappa shape index (κ2) is 8.05. The molecule has 0 bridgehead atoms. The highest BCUT2D eigenvalue weighted by atomic mass is 32.2. The molecule has 138 valence electrons. The number of carbonyl (C=O) groups is 2. The van der Waals surface area contributed by atoms with Crippen molar-refractivity contribution >= 4 is 29.3 Å². The van der Waals surface area contributed by atoms with Gasteiger partial charge in [-0.3, -0.25) is 14.9 Å². The number of carboxylic acids is 1. The molecule has 1 atom stereocenters. The number of nitro benzene ring substituents is 1. The van der Waals surface area contributed by atoms with E-state index in [1.165, 1.54) is 34.9 Å². The van der Waals surface area contributed by atoms with Crippen molar-refractivity contribution in [1.82, 2.24) is 4.90 Å². The number of benzene rings is 1. The number of carboxylic acid groups (broad SMARTS) is 1. The average Bonchev–Trinajstić information content (AvgIpc) is 2.95. The van der Waals surface area contributed by atoms with Crippen LogP contribution in [-0.4, -0.2) is 39.1 Å². The Morgan fingerprint density at radius 1 is 1.35 bits per heavy atom. The number of hydrogen-bond donors (Lipinski definition) is 1. The first-order valence-corrected chi connectivity index (χ1v) is 8.55. The summed E-state index contributed by atoms with van der Waals surface area (Å²) in [6.07, 6.45) is 0. The van der Waals surface area contributed by atoms with Gasteiger partial charge < -0.3 is 14.4 Å². The Morgan fingerprint density at radius 3 is 2.46 bits per heavy atom. The Morgan fingerprint density at radius 2 is 1.96 bits per heavy atom. The van der Waals surface area contributed by atoms with Crippen LogP contribution in [0.4, 0.5) is 5.69 Å². The zero-order chi connectivity index (χ0) is 19.4. The lowest BCUT2D eigenvalue weighted by Gasteiger charge is -2.20. The van der Waals surface area contributed by atoms with Crippen LogP contribution in [0.15, 0.2) is 39.6 Å². The van der Waals surface area contributed by atoms with E-state index in [2.05, 4.69) is 0 Å². The number of amides is 1. The largest absolute Gasteiger partial charge is 0.478 e. The van der Waals surface area contributed by atoms with Crippen molar-refractivity contribution in [2.45, 2.75) is 30.5 Å². The minimum absolute atomic E-state index is 0.00660. The Balaban J connectivity index is 1.99. The number of carbonyl (C=O) groups excluding carboxylic acids is 1. The zero-order valence-electron chi connectivity index (χ0n) is 14.5. The first kappa shape index (κ1) is 19.5. The van der Waals surface area contributed by atoms with Crippen LogP contribution >= 0.6 is 11.8 Å². The highest BCUT2D eigenvalue weighted by molar-refractivity contribution is 8.00. The number of hydrogen-bond acceptors (Lipinski definition) is 6. The van der Waals surface area contributed by atoms with Gasteiger partial charge in [-0.15, -0.1) is 11.8 Å². The van der Waals surface area contributed by atoms with Crippen LogP contribution in [0.25, 0.3) is 0 Å². The topological polar surface area (TPSA) is 114 Å². The maximum atomic E-state index is 12.5. The molecule has 0 fully saturated rings. The molecule has 0 saturated heterocycles. The summed E-state index contributed by atoms with van der Waals surface area (Å²) in [5.74, 6) is -0.558. The normalized spacial score (nSPS) is 11.8.